The third kappa shape index (κ3) is 2.83. The van der Waals surface area contributed by atoms with Crippen LogP contribution in [0.5, 0.6) is 0 Å². The molecular formula is C7H2BrF6N. The highest BCUT2D eigenvalue weighted by Crippen LogP contribution is 2.40. The fourth-order valence-electron chi connectivity index (χ4n) is 0.890. The average molecular weight is 294 g/mol. The first kappa shape index (κ1) is 12.3. The Morgan fingerprint density at radius 1 is 0.933 bits per heavy atom. The lowest BCUT2D eigenvalue weighted by atomic mass is 10.1. The molecule has 0 aliphatic rings. The molecule has 1 aromatic heterocycles. The van der Waals surface area contributed by atoms with Crippen LogP contribution in [0.4, 0.5) is 26.3 Å². The lowest BCUT2D eigenvalue weighted by Gasteiger charge is -2.14. The zero-order chi connectivity index (χ0) is 11.9. The monoisotopic (exact) mass is 293 g/mol. The summed E-state index contributed by atoms with van der Waals surface area (Å²) < 4.78 is 72.8. The third-order valence-corrected chi connectivity index (χ3v) is 1.92. The van der Waals surface area contributed by atoms with Gasteiger partial charge in [0.05, 0.1) is 11.1 Å². The molecular weight excluding hydrogens is 292 g/mol. The number of aromatic nitrogens is 1. The topological polar surface area (TPSA) is 12.9 Å². The van der Waals surface area contributed by atoms with Gasteiger partial charge in [0.2, 0.25) is 0 Å². The van der Waals surface area contributed by atoms with Crippen LogP contribution in [-0.4, -0.2) is 4.98 Å². The van der Waals surface area contributed by atoms with Gasteiger partial charge in [-0.05, 0) is 22.0 Å². The average Bonchev–Trinajstić information content (AvgIpc) is 2.00. The highest BCUT2D eigenvalue weighted by molar-refractivity contribution is 9.10. The van der Waals surface area contributed by atoms with Gasteiger partial charge in [-0.2, -0.15) is 26.3 Å². The van der Waals surface area contributed by atoms with Crippen molar-refractivity contribution in [1.29, 1.82) is 0 Å². The predicted octanol–water partition coefficient (Wildman–Crippen LogP) is 3.88. The smallest absolute Gasteiger partial charge is 0.249 e. The maximum Gasteiger partial charge on any atom is 0.418 e. The van der Waals surface area contributed by atoms with E-state index in [4.69, 9.17) is 0 Å². The molecule has 8 heteroatoms. The Kier molecular flexibility index (Phi) is 2.99. The van der Waals surface area contributed by atoms with Crippen LogP contribution in [-0.2, 0) is 12.4 Å². The minimum absolute atomic E-state index is 0.146. The number of hydrogen-bond acceptors (Lipinski definition) is 1. The van der Waals surface area contributed by atoms with Gasteiger partial charge < -0.3 is 0 Å². The first-order valence-electron chi connectivity index (χ1n) is 3.42. The molecule has 0 fully saturated rings. The summed E-state index contributed by atoms with van der Waals surface area (Å²) in [6, 6.07) is 0.294. The molecule has 0 aliphatic heterocycles. The second-order valence-corrected chi connectivity index (χ2v) is 3.36. The van der Waals surface area contributed by atoms with Crippen LogP contribution in [0.2, 0.25) is 0 Å². The normalized spacial score (nSPS) is 13.0. The molecule has 0 saturated heterocycles. The van der Waals surface area contributed by atoms with E-state index in [2.05, 4.69) is 20.9 Å². The van der Waals surface area contributed by atoms with Crippen molar-refractivity contribution in [2.45, 2.75) is 12.4 Å². The van der Waals surface area contributed by atoms with E-state index >= 15 is 0 Å². The molecule has 15 heavy (non-hydrogen) atoms. The standard InChI is InChI=1S/C7H2BrF6N/c8-5-1-3(6(9,10)11)4(2-15-5)7(12,13)14/h1-2H. The summed E-state index contributed by atoms with van der Waals surface area (Å²) in [6.07, 6.45) is -9.98. The van der Waals surface area contributed by atoms with E-state index in [1.165, 1.54) is 0 Å². The molecule has 0 bridgehead atoms. The Morgan fingerprint density at radius 2 is 1.40 bits per heavy atom. The van der Waals surface area contributed by atoms with E-state index in [-0.39, 0.29) is 10.8 Å². The highest BCUT2D eigenvalue weighted by atomic mass is 79.9. The molecule has 0 amide bonds. The van der Waals surface area contributed by atoms with Crippen LogP contribution in [0, 0.1) is 0 Å². The van der Waals surface area contributed by atoms with Crippen LogP contribution in [0.3, 0.4) is 0 Å². The van der Waals surface area contributed by atoms with Gasteiger partial charge in [0.25, 0.3) is 0 Å². The largest absolute Gasteiger partial charge is 0.418 e. The number of pyridine rings is 1. The molecule has 0 spiro atoms. The fraction of sp³-hybridized carbons (Fsp3) is 0.286. The summed E-state index contributed by atoms with van der Waals surface area (Å²) in [4.78, 5) is 3.12. The predicted molar refractivity (Wildman–Crippen MR) is 41.9 cm³/mol. The van der Waals surface area contributed by atoms with Crippen molar-refractivity contribution in [2.24, 2.45) is 0 Å². The lowest BCUT2D eigenvalue weighted by molar-refractivity contribution is -0.162. The van der Waals surface area contributed by atoms with Gasteiger partial charge in [0.1, 0.15) is 4.60 Å². The van der Waals surface area contributed by atoms with Crippen LogP contribution in [0.15, 0.2) is 16.9 Å². The zero-order valence-electron chi connectivity index (χ0n) is 6.75. The number of alkyl halides is 6. The van der Waals surface area contributed by atoms with Gasteiger partial charge in [-0.1, -0.05) is 0 Å². The second-order valence-electron chi connectivity index (χ2n) is 2.55. The Labute approximate surface area is 88.2 Å². The molecule has 84 valence electrons. The van der Waals surface area contributed by atoms with Gasteiger partial charge in [-0.15, -0.1) is 0 Å². The van der Waals surface area contributed by atoms with Gasteiger partial charge >= 0.3 is 12.4 Å². The van der Waals surface area contributed by atoms with Crippen LogP contribution in [0.25, 0.3) is 0 Å². The van der Waals surface area contributed by atoms with E-state index in [1.54, 1.807) is 0 Å². The molecule has 1 rings (SSSR count). The van der Waals surface area contributed by atoms with Crippen LogP contribution >= 0.6 is 15.9 Å². The number of halogens is 7. The SMILES string of the molecule is FC(F)(F)c1cnc(Br)cc1C(F)(F)F. The van der Waals surface area contributed by atoms with Crippen molar-refractivity contribution < 1.29 is 26.3 Å². The van der Waals surface area contributed by atoms with Crippen molar-refractivity contribution in [3.8, 4) is 0 Å². The molecule has 0 aromatic carbocycles. The van der Waals surface area contributed by atoms with Crippen molar-refractivity contribution in [2.75, 3.05) is 0 Å². The van der Waals surface area contributed by atoms with Gasteiger partial charge in [0.15, 0.2) is 0 Å². The number of nitrogens with zero attached hydrogens (tertiary/aromatic N) is 1. The number of rotatable bonds is 0. The van der Waals surface area contributed by atoms with Gasteiger partial charge in [0, 0.05) is 6.20 Å². The van der Waals surface area contributed by atoms with Crippen molar-refractivity contribution in [3.05, 3.63) is 28.0 Å². The zero-order valence-corrected chi connectivity index (χ0v) is 8.33. The molecule has 0 atom stereocenters. The van der Waals surface area contributed by atoms with Crippen molar-refractivity contribution in [3.63, 3.8) is 0 Å². The lowest BCUT2D eigenvalue weighted by Crippen LogP contribution is -2.16. The van der Waals surface area contributed by atoms with Crippen molar-refractivity contribution >= 4 is 15.9 Å². The Morgan fingerprint density at radius 3 is 1.80 bits per heavy atom. The van der Waals surface area contributed by atoms with Crippen molar-refractivity contribution in [1.82, 2.24) is 4.98 Å². The van der Waals surface area contributed by atoms with E-state index in [0.717, 1.165) is 0 Å². The number of hydrogen-bond donors (Lipinski definition) is 0. The molecule has 0 saturated carbocycles. The van der Waals surface area contributed by atoms with Crippen LogP contribution in [0.1, 0.15) is 11.1 Å². The maximum absolute atomic E-state index is 12.2. The van der Waals surface area contributed by atoms with E-state index in [0.29, 0.717) is 6.07 Å². The summed E-state index contributed by atoms with van der Waals surface area (Å²) in [5.74, 6) is 0. The maximum atomic E-state index is 12.2. The summed E-state index contributed by atoms with van der Waals surface area (Å²) in [6.45, 7) is 0. The van der Waals surface area contributed by atoms with E-state index in [9.17, 15) is 26.3 Å². The van der Waals surface area contributed by atoms with Gasteiger partial charge in [-0.3, -0.25) is 0 Å². The van der Waals surface area contributed by atoms with Crippen LogP contribution < -0.4 is 0 Å². The third-order valence-electron chi connectivity index (χ3n) is 1.48. The quantitative estimate of drug-likeness (QED) is 0.522. The first-order chi connectivity index (χ1) is 6.62. The first-order valence-corrected chi connectivity index (χ1v) is 4.21. The molecule has 0 N–H and O–H groups in total. The highest BCUT2D eigenvalue weighted by Gasteiger charge is 2.43. The molecule has 0 aliphatic carbocycles. The summed E-state index contributed by atoms with van der Waals surface area (Å²) in [5.41, 5.74) is -3.55. The summed E-state index contributed by atoms with van der Waals surface area (Å²) >= 11 is 2.58. The van der Waals surface area contributed by atoms with Gasteiger partial charge in [-0.25, -0.2) is 4.98 Å². The Balaban J connectivity index is 3.41. The summed E-state index contributed by atoms with van der Waals surface area (Å²) in [5, 5.41) is 0. The molecule has 0 radical (unpaired) electrons. The second kappa shape index (κ2) is 3.66. The molecule has 1 nitrogen and oxygen atoms in total. The minimum atomic E-state index is -5.07. The molecule has 0 unspecified atom stereocenters. The summed E-state index contributed by atoms with van der Waals surface area (Å²) in [7, 11) is 0. The van der Waals surface area contributed by atoms with E-state index < -0.39 is 23.5 Å². The van der Waals surface area contributed by atoms with E-state index in [1.807, 2.05) is 0 Å². The minimum Gasteiger partial charge on any atom is -0.249 e. The Bertz CT molecular complexity index is 369. The fourth-order valence-corrected chi connectivity index (χ4v) is 1.22. The Hall–Kier alpha value is -0.790. The molecule has 1 heterocycles. The molecule has 1 aromatic rings.